The molecule has 1 heterocycles. The molecule has 0 aliphatic carbocycles. The van der Waals surface area contributed by atoms with Crippen LogP contribution in [0.2, 0.25) is 0 Å². The van der Waals surface area contributed by atoms with Crippen LogP contribution in [0, 0.1) is 0 Å². The first-order valence-corrected chi connectivity index (χ1v) is 10.4. The van der Waals surface area contributed by atoms with Crippen molar-refractivity contribution in [3.8, 4) is 5.75 Å². The fourth-order valence-corrected chi connectivity index (χ4v) is 3.60. The van der Waals surface area contributed by atoms with Gasteiger partial charge in [0.15, 0.2) is 0 Å². The van der Waals surface area contributed by atoms with Crippen LogP contribution in [0.15, 0.2) is 72.1 Å². The third-order valence-corrected chi connectivity index (χ3v) is 5.33. The molecule has 0 bridgehead atoms. The van der Waals surface area contributed by atoms with Gasteiger partial charge in [0, 0.05) is 29.1 Å². The summed E-state index contributed by atoms with van der Waals surface area (Å²) in [6.45, 7) is 0.980. The lowest BCUT2D eigenvalue weighted by Crippen LogP contribution is -2.31. The van der Waals surface area contributed by atoms with Gasteiger partial charge in [-0.15, -0.1) is 11.3 Å². The number of carbonyl (C=O) groups excluding carboxylic acids is 2. The highest BCUT2D eigenvalue weighted by atomic mass is 32.1. The molecule has 1 aromatic heterocycles. The van der Waals surface area contributed by atoms with Crippen molar-refractivity contribution in [2.75, 3.05) is 18.6 Å². The summed E-state index contributed by atoms with van der Waals surface area (Å²) < 4.78 is 5.21. The summed E-state index contributed by atoms with van der Waals surface area (Å²) in [7, 11) is 1.62. The molecule has 2 amide bonds. The first-order chi connectivity index (χ1) is 14.2. The second-order valence-electron chi connectivity index (χ2n) is 6.48. The number of ether oxygens (including phenoxy) is 1. The summed E-state index contributed by atoms with van der Waals surface area (Å²) in [4.78, 5) is 27.9. The van der Waals surface area contributed by atoms with Gasteiger partial charge in [0.1, 0.15) is 5.75 Å². The summed E-state index contributed by atoms with van der Waals surface area (Å²) >= 11 is 1.63. The molecule has 0 saturated carbocycles. The van der Waals surface area contributed by atoms with E-state index in [9.17, 15) is 9.59 Å². The van der Waals surface area contributed by atoms with Crippen LogP contribution in [0.1, 0.15) is 28.1 Å². The lowest BCUT2D eigenvalue weighted by atomic mass is 10.2. The summed E-state index contributed by atoms with van der Waals surface area (Å²) in [6.07, 6.45) is 0.932. The van der Waals surface area contributed by atoms with Gasteiger partial charge in [-0.25, -0.2) is 0 Å². The van der Waals surface area contributed by atoms with E-state index in [1.54, 1.807) is 35.5 Å². The Hall–Kier alpha value is -3.12. The average Bonchev–Trinajstić information content (AvgIpc) is 3.29. The van der Waals surface area contributed by atoms with Gasteiger partial charge in [-0.2, -0.15) is 0 Å². The molecule has 2 aromatic carbocycles. The number of rotatable bonds is 9. The monoisotopic (exact) mass is 408 g/mol. The number of nitrogens with one attached hydrogen (secondary N) is 1. The first kappa shape index (κ1) is 20.6. The largest absolute Gasteiger partial charge is 0.497 e. The van der Waals surface area contributed by atoms with E-state index in [1.807, 2.05) is 60.0 Å². The van der Waals surface area contributed by atoms with Crippen LogP contribution >= 0.6 is 11.3 Å². The van der Waals surface area contributed by atoms with Crippen molar-refractivity contribution in [3.05, 3.63) is 82.6 Å². The molecule has 6 heteroatoms. The highest BCUT2D eigenvalue weighted by Gasteiger charge is 2.17. The van der Waals surface area contributed by atoms with Gasteiger partial charge in [0.05, 0.1) is 13.7 Å². The summed E-state index contributed by atoms with van der Waals surface area (Å²) in [5, 5.41) is 4.87. The summed E-state index contributed by atoms with van der Waals surface area (Å²) in [6, 6.07) is 20.6. The van der Waals surface area contributed by atoms with E-state index in [1.165, 1.54) is 0 Å². The second kappa shape index (κ2) is 10.4. The Labute approximate surface area is 174 Å². The number of carbonyl (C=O) groups is 2. The zero-order chi connectivity index (χ0) is 20.5. The standard InChI is InChI=1S/C23H24N2O3S/c1-28-20-13-11-19(12-14-20)25(17-21-9-6-16-29-21)22(26)10-5-15-24-23(27)18-7-3-2-4-8-18/h2-4,6-9,11-14,16H,5,10,15,17H2,1H3,(H,24,27). The molecule has 0 spiro atoms. The minimum absolute atomic E-state index is 0.0255. The zero-order valence-electron chi connectivity index (χ0n) is 16.3. The molecule has 0 atom stereocenters. The molecule has 5 nitrogen and oxygen atoms in total. The number of nitrogens with zero attached hydrogens (tertiary/aromatic N) is 1. The number of hydrogen-bond donors (Lipinski definition) is 1. The maximum absolute atomic E-state index is 12.9. The topological polar surface area (TPSA) is 58.6 Å². The Balaban J connectivity index is 1.58. The zero-order valence-corrected chi connectivity index (χ0v) is 17.2. The van der Waals surface area contributed by atoms with Gasteiger partial charge in [-0.1, -0.05) is 24.3 Å². The van der Waals surface area contributed by atoms with Crippen LogP contribution in [0.3, 0.4) is 0 Å². The minimum Gasteiger partial charge on any atom is -0.497 e. The van der Waals surface area contributed by atoms with Crippen molar-refractivity contribution in [3.63, 3.8) is 0 Å². The number of methoxy groups -OCH3 is 1. The highest BCUT2D eigenvalue weighted by molar-refractivity contribution is 7.09. The molecule has 29 heavy (non-hydrogen) atoms. The van der Waals surface area contributed by atoms with Crippen LogP contribution in [0.5, 0.6) is 5.75 Å². The smallest absolute Gasteiger partial charge is 0.251 e. The van der Waals surface area contributed by atoms with Crippen molar-refractivity contribution >= 4 is 28.8 Å². The third-order valence-electron chi connectivity index (χ3n) is 4.47. The molecule has 0 fully saturated rings. The fraction of sp³-hybridized carbons (Fsp3) is 0.217. The maximum atomic E-state index is 12.9. The molecule has 3 aromatic rings. The van der Waals surface area contributed by atoms with Crippen LogP contribution < -0.4 is 15.0 Å². The maximum Gasteiger partial charge on any atom is 0.251 e. The van der Waals surface area contributed by atoms with E-state index < -0.39 is 0 Å². The molecular formula is C23H24N2O3S. The van der Waals surface area contributed by atoms with Crippen LogP contribution in [-0.2, 0) is 11.3 Å². The van der Waals surface area contributed by atoms with E-state index in [2.05, 4.69) is 5.32 Å². The predicted octanol–water partition coefficient (Wildman–Crippen LogP) is 4.50. The third kappa shape index (κ3) is 5.93. The Morgan fingerprint density at radius 1 is 1.00 bits per heavy atom. The molecule has 150 valence electrons. The number of thiophene rings is 1. The Kier molecular flexibility index (Phi) is 7.41. The summed E-state index contributed by atoms with van der Waals surface area (Å²) in [5.41, 5.74) is 1.45. The predicted molar refractivity (Wildman–Crippen MR) is 117 cm³/mol. The van der Waals surface area contributed by atoms with Gasteiger partial charge in [0.2, 0.25) is 5.91 Å². The van der Waals surface area contributed by atoms with E-state index >= 15 is 0 Å². The van der Waals surface area contributed by atoms with Gasteiger partial charge in [-0.05, 0) is 54.3 Å². The van der Waals surface area contributed by atoms with Gasteiger partial charge in [-0.3, -0.25) is 9.59 Å². The Bertz CT molecular complexity index is 909. The highest BCUT2D eigenvalue weighted by Crippen LogP contribution is 2.23. The van der Waals surface area contributed by atoms with Gasteiger partial charge in [0.25, 0.3) is 5.91 Å². The molecule has 0 saturated heterocycles. The molecule has 1 N–H and O–H groups in total. The van der Waals surface area contributed by atoms with E-state index in [4.69, 9.17) is 4.74 Å². The molecule has 0 unspecified atom stereocenters. The molecular weight excluding hydrogens is 384 g/mol. The fourth-order valence-electron chi connectivity index (χ4n) is 2.91. The van der Waals surface area contributed by atoms with E-state index in [-0.39, 0.29) is 11.8 Å². The van der Waals surface area contributed by atoms with Gasteiger partial charge < -0.3 is 15.0 Å². The van der Waals surface area contributed by atoms with Crippen molar-refractivity contribution in [2.45, 2.75) is 19.4 Å². The van der Waals surface area contributed by atoms with E-state index in [0.29, 0.717) is 31.5 Å². The second-order valence-corrected chi connectivity index (χ2v) is 7.51. The van der Waals surface area contributed by atoms with Crippen molar-refractivity contribution in [1.82, 2.24) is 5.32 Å². The van der Waals surface area contributed by atoms with Crippen LogP contribution in [0.4, 0.5) is 5.69 Å². The lowest BCUT2D eigenvalue weighted by molar-refractivity contribution is -0.118. The Morgan fingerprint density at radius 2 is 1.76 bits per heavy atom. The SMILES string of the molecule is COc1ccc(N(Cc2cccs2)C(=O)CCCNC(=O)c2ccccc2)cc1. The van der Waals surface area contributed by atoms with Crippen LogP contribution in [0.25, 0.3) is 0 Å². The molecule has 0 radical (unpaired) electrons. The first-order valence-electron chi connectivity index (χ1n) is 9.47. The van der Waals surface area contributed by atoms with Crippen LogP contribution in [-0.4, -0.2) is 25.5 Å². The average molecular weight is 409 g/mol. The van der Waals surface area contributed by atoms with Crippen molar-refractivity contribution in [2.24, 2.45) is 0 Å². The molecule has 3 rings (SSSR count). The Morgan fingerprint density at radius 3 is 2.41 bits per heavy atom. The number of benzene rings is 2. The molecule has 0 aliphatic rings. The van der Waals surface area contributed by atoms with Crippen molar-refractivity contribution < 1.29 is 14.3 Å². The quantitative estimate of drug-likeness (QED) is 0.531. The van der Waals surface area contributed by atoms with Crippen molar-refractivity contribution in [1.29, 1.82) is 0 Å². The van der Waals surface area contributed by atoms with Gasteiger partial charge >= 0.3 is 0 Å². The molecule has 0 aliphatic heterocycles. The summed E-state index contributed by atoms with van der Waals surface area (Å²) in [5.74, 6) is 0.655. The normalized spacial score (nSPS) is 10.4. The number of hydrogen-bond acceptors (Lipinski definition) is 4. The minimum atomic E-state index is -0.122. The van der Waals surface area contributed by atoms with E-state index in [0.717, 1.165) is 16.3 Å². The number of anilines is 1. The lowest BCUT2D eigenvalue weighted by Gasteiger charge is -2.23. The number of amides is 2.